The van der Waals surface area contributed by atoms with E-state index in [4.69, 9.17) is 40.0 Å². The van der Waals surface area contributed by atoms with Gasteiger partial charge in [-0.1, -0.05) is 160 Å². The molecule has 6 rings (SSSR count). The predicted molar refractivity (Wildman–Crippen MR) is 374 cm³/mol. The Bertz CT molecular complexity index is 3240. The van der Waals surface area contributed by atoms with Gasteiger partial charge in [0.1, 0.15) is 34.5 Å². The van der Waals surface area contributed by atoms with Crippen molar-refractivity contribution in [2.24, 2.45) is 21.7 Å². The molecule has 0 aliphatic carbocycles. The van der Waals surface area contributed by atoms with Gasteiger partial charge in [0.05, 0.1) is 38.4 Å². The van der Waals surface area contributed by atoms with Crippen molar-refractivity contribution < 1.29 is 67.7 Å². The fourth-order valence-electron chi connectivity index (χ4n) is 9.11. The number of rotatable bonds is 25. The summed E-state index contributed by atoms with van der Waals surface area (Å²) in [4.78, 5) is 47.3. The molecule has 6 aromatic rings. The minimum atomic E-state index is -0.629. The Balaban J connectivity index is 0.000000351. The number of hydrogen-bond donors (Lipinski definition) is 3. The van der Waals surface area contributed by atoms with Gasteiger partial charge in [0.2, 0.25) is 20.4 Å². The van der Waals surface area contributed by atoms with E-state index in [1.807, 2.05) is 112 Å². The minimum Gasteiger partial charge on any atom is -0.507 e. The van der Waals surface area contributed by atoms with Gasteiger partial charge < -0.3 is 48.5 Å². The molecule has 0 amide bonds. The van der Waals surface area contributed by atoms with E-state index in [2.05, 4.69) is 25.5 Å². The van der Waals surface area contributed by atoms with E-state index in [1.54, 1.807) is 101 Å². The number of phenolic OH excluding ortho intramolecular Hbond substituents is 3. The van der Waals surface area contributed by atoms with Crippen LogP contribution in [-0.4, -0.2) is 65.6 Å². The zero-order valence-corrected chi connectivity index (χ0v) is 59.7. The molecule has 0 saturated carbocycles. The van der Waals surface area contributed by atoms with Gasteiger partial charge in [-0.3, -0.25) is 19.2 Å². The van der Waals surface area contributed by atoms with Crippen LogP contribution in [-0.2, 0) is 57.4 Å². The molecule has 0 spiro atoms. The Kier molecular flexibility index (Phi) is 32.9. The number of halogens is 1. The van der Waals surface area contributed by atoms with Crippen LogP contribution in [0, 0.1) is 42.4 Å². The Morgan fingerprint density at radius 1 is 0.366 bits per heavy atom. The zero-order chi connectivity index (χ0) is 69.7. The maximum atomic E-state index is 12.3. The minimum absolute atomic E-state index is 0.0594. The van der Waals surface area contributed by atoms with E-state index in [0.717, 1.165) is 120 Å². The summed E-state index contributed by atoms with van der Waals surface area (Å²) in [5.41, 5.74) is 8.50. The molecule has 510 valence electrons. The highest BCUT2D eigenvalue weighted by Crippen LogP contribution is 2.43. The number of unbranched alkanes of at least 4 members (excludes halogenated alkanes) is 6. The number of esters is 4. The van der Waals surface area contributed by atoms with Crippen molar-refractivity contribution in [3.05, 3.63) is 143 Å². The highest BCUT2D eigenvalue weighted by Gasteiger charge is 2.27. The van der Waals surface area contributed by atoms with Gasteiger partial charge in [-0.05, 0) is 212 Å². The predicted octanol–water partition coefficient (Wildman–Crippen LogP) is 19.8. The van der Waals surface area contributed by atoms with Crippen LogP contribution in [0.3, 0.4) is 0 Å². The highest BCUT2D eigenvalue weighted by molar-refractivity contribution is 6.17. The summed E-state index contributed by atoms with van der Waals surface area (Å²) in [6, 6.07) is 34.9. The number of benzene rings is 6. The van der Waals surface area contributed by atoms with Crippen molar-refractivity contribution in [1.82, 2.24) is 0 Å². The van der Waals surface area contributed by atoms with Crippen LogP contribution in [0.4, 0.5) is 0 Å². The smallest absolute Gasteiger partial charge is 0.314 e. The molecule has 0 atom stereocenters. The third-order valence-electron chi connectivity index (χ3n) is 14.4. The monoisotopic (exact) mass is 1300 g/mol. The molecule has 0 fully saturated rings. The second-order valence-corrected chi connectivity index (χ2v) is 27.8. The Labute approximate surface area is 560 Å². The quantitative estimate of drug-likeness (QED) is 0.0161. The standard InChI is InChI=1S/C30H42O6.C24H32O4.C18H22O2.C6H11ClO2/c1-9-10-11-14-22-17-24(33-19-35-27(31)29(3,4)5)26(23-15-12-13-21(2)16-23)25(18-22)34-20-36-28(32)30(6,7)8;1-6-7-8-11-18-14-20(25)22(19-12-9-10-17(2)13-19)21(15-18)27-16-28-23(26)24(3,4)5;1-3-4-5-8-14-11-16(19)18(17(20)12-14)15-9-6-7-13(2)10-15;1-6(2,3)5(8)9-4-7/h12-13,15-18H,9-11,14,19-20H2,1-8H3;9-10,12-15,25H,6-8,11,16H2,1-5H3;6-7,9-12,19-20H,3-5,8H2,1-2H3;4H2,1-3H3. The van der Waals surface area contributed by atoms with Crippen LogP contribution < -0.4 is 14.2 Å². The number of phenols is 3. The number of alkyl halides is 1. The van der Waals surface area contributed by atoms with E-state index >= 15 is 0 Å². The number of aryl methyl sites for hydroxylation is 6. The molecule has 6 aromatic carbocycles. The maximum Gasteiger partial charge on any atom is 0.314 e. The first-order valence-electron chi connectivity index (χ1n) is 32.6. The van der Waals surface area contributed by atoms with Crippen molar-refractivity contribution in [3.8, 4) is 67.9 Å². The molecule has 0 aliphatic heterocycles. The molecule has 0 saturated heterocycles. The lowest BCUT2D eigenvalue weighted by molar-refractivity contribution is -0.160. The molecule has 0 heterocycles. The summed E-state index contributed by atoms with van der Waals surface area (Å²) in [5.74, 6) is 0.834. The maximum absolute atomic E-state index is 12.3. The van der Waals surface area contributed by atoms with Crippen LogP contribution in [0.25, 0.3) is 33.4 Å². The summed E-state index contributed by atoms with van der Waals surface area (Å²) in [7, 11) is 0. The summed E-state index contributed by atoms with van der Waals surface area (Å²) >= 11 is 5.16. The summed E-state index contributed by atoms with van der Waals surface area (Å²) in [6.45, 7) is 33.4. The zero-order valence-electron chi connectivity index (χ0n) is 58.9. The molecule has 93 heavy (non-hydrogen) atoms. The summed E-state index contributed by atoms with van der Waals surface area (Å²) in [6.07, 6.45) is 12.6. The molecule has 0 unspecified atom stereocenters. The molecule has 0 aliphatic rings. The number of aromatic hydroxyl groups is 3. The molecule has 3 N–H and O–H groups in total. The average Bonchev–Trinajstić information content (AvgIpc) is 0.865. The molecular formula is C78H107ClO14. The van der Waals surface area contributed by atoms with Crippen molar-refractivity contribution in [2.45, 2.75) is 202 Å². The number of ether oxygens (including phenoxy) is 7. The van der Waals surface area contributed by atoms with Crippen molar-refractivity contribution >= 4 is 35.5 Å². The second kappa shape index (κ2) is 38.5. The molecule has 14 nitrogen and oxygen atoms in total. The van der Waals surface area contributed by atoms with E-state index in [1.165, 1.54) is 12.8 Å². The summed E-state index contributed by atoms with van der Waals surface area (Å²) < 4.78 is 38.5. The number of hydrogen-bond acceptors (Lipinski definition) is 14. The number of carbonyl (C=O) groups excluding carboxylic acids is 4. The molecule has 0 bridgehead atoms. The first-order valence-corrected chi connectivity index (χ1v) is 33.1. The Morgan fingerprint density at radius 2 is 0.634 bits per heavy atom. The lowest BCUT2D eigenvalue weighted by Gasteiger charge is -2.21. The SMILES string of the molecule is CC(C)(C)C(=O)OCCl.CCCCCc1cc(O)c(-c2cccc(C)c2)c(O)c1.CCCCCc1cc(O)c(-c2cccc(C)c2)c(OCOC(=O)C(C)(C)C)c1.CCCCCc1cc(OCOC(=O)C(C)(C)C)c(-c2cccc(C)c2)c(OCOC(=O)C(C)(C)C)c1. The molecule has 0 radical (unpaired) electrons. The van der Waals surface area contributed by atoms with Crippen LogP contribution in [0.15, 0.2) is 109 Å². The third kappa shape index (κ3) is 28.2. The first kappa shape index (κ1) is 79.5. The van der Waals surface area contributed by atoms with Crippen LogP contribution >= 0.6 is 11.6 Å². The second-order valence-electron chi connectivity index (χ2n) is 27.6. The first-order chi connectivity index (χ1) is 43.6. The van der Waals surface area contributed by atoms with E-state index in [0.29, 0.717) is 28.4 Å². The average molecular weight is 1300 g/mol. The number of carbonyl (C=O) groups is 4. The molecule has 0 aromatic heterocycles. The lowest BCUT2D eigenvalue weighted by Crippen LogP contribution is -2.25. The van der Waals surface area contributed by atoms with Gasteiger partial charge in [-0.15, -0.1) is 0 Å². The van der Waals surface area contributed by atoms with E-state index < -0.39 is 21.7 Å². The van der Waals surface area contributed by atoms with Gasteiger partial charge in [0.25, 0.3) is 0 Å². The Morgan fingerprint density at radius 3 is 0.925 bits per heavy atom. The fraction of sp³-hybridized carbons (Fsp3) is 0.487. The lowest BCUT2D eigenvalue weighted by atomic mass is 9.97. The van der Waals surface area contributed by atoms with Gasteiger partial charge in [-0.2, -0.15) is 0 Å². The van der Waals surface area contributed by atoms with Gasteiger partial charge >= 0.3 is 23.9 Å². The van der Waals surface area contributed by atoms with Crippen molar-refractivity contribution in [2.75, 3.05) is 26.4 Å². The van der Waals surface area contributed by atoms with Crippen LogP contribution in [0.1, 0.15) is 195 Å². The fourth-order valence-corrected chi connectivity index (χ4v) is 9.21. The van der Waals surface area contributed by atoms with Crippen LogP contribution in [0.5, 0.6) is 34.5 Å². The van der Waals surface area contributed by atoms with Crippen molar-refractivity contribution in [3.63, 3.8) is 0 Å². The van der Waals surface area contributed by atoms with E-state index in [-0.39, 0.29) is 67.6 Å². The van der Waals surface area contributed by atoms with Gasteiger partial charge in [-0.25, -0.2) is 0 Å². The highest BCUT2D eigenvalue weighted by atomic mass is 35.5. The largest absolute Gasteiger partial charge is 0.507 e. The van der Waals surface area contributed by atoms with Gasteiger partial charge in [0.15, 0.2) is 6.07 Å². The van der Waals surface area contributed by atoms with Crippen LogP contribution in [0.2, 0.25) is 0 Å². The molecular weight excluding hydrogens is 1200 g/mol. The van der Waals surface area contributed by atoms with E-state index in [9.17, 15) is 34.5 Å². The third-order valence-corrected chi connectivity index (χ3v) is 14.5. The normalized spacial score (nSPS) is 11.3. The Hall–Kier alpha value is -7.71. The van der Waals surface area contributed by atoms with Gasteiger partial charge in [0, 0.05) is 0 Å². The summed E-state index contributed by atoms with van der Waals surface area (Å²) in [5, 5.41) is 31.1. The van der Waals surface area contributed by atoms with Crippen molar-refractivity contribution in [1.29, 1.82) is 0 Å². The molecule has 15 heteroatoms. The topological polar surface area (TPSA) is 194 Å².